The SMILES string of the molecule is N#C/C(=C\c1ccncc1)c1ccc(NC(=S)N[C@@H]2C[C@@H]3C=C[C@@H]2C3)cc1. The molecule has 1 heterocycles. The van der Waals surface area contributed by atoms with Crippen LogP contribution in [0.15, 0.2) is 60.9 Å². The highest BCUT2D eigenvalue weighted by Crippen LogP contribution is 2.38. The summed E-state index contributed by atoms with van der Waals surface area (Å²) >= 11 is 5.47. The number of nitrogens with zero attached hydrogens (tertiary/aromatic N) is 2. The van der Waals surface area contributed by atoms with Crippen LogP contribution in [-0.4, -0.2) is 16.1 Å². The van der Waals surface area contributed by atoms with Crippen LogP contribution < -0.4 is 10.6 Å². The lowest BCUT2D eigenvalue weighted by atomic mass is 10.0. The van der Waals surface area contributed by atoms with Crippen molar-refractivity contribution in [1.82, 2.24) is 10.3 Å². The zero-order valence-electron chi connectivity index (χ0n) is 14.8. The fourth-order valence-electron chi connectivity index (χ4n) is 3.82. The van der Waals surface area contributed by atoms with E-state index in [-0.39, 0.29) is 0 Å². The molecule has 2 aromatic rings. The Hall–Kier alpha value is -2.97. The fourth-order valence-corrected chi connectivity index (χ4v) is 4.09. The van der Waals surface area contributed by atoms with Gasteiger partial charge in [0, 0.05) is 24.1 Å². The highest BCUT2D eigenvalue weighted by molar-refractivity contribution is 7.80. The molecule has 27 heavy (non-hydrogen) atoms. The summed E-state index contributed by atoms with van der Waals surface area (Å²) in [5.41, 5.74) is 3.35. The second kappa shape index (κ2) is 7.73. The molecule has 1 fully saturated rings. The fraction of sp³-hybridized carbons (Fsp3) is 0.227. The van der Waals surface area contributed by atoms with E-state index in [9.17, 15) is 5.26 Å². The first-order valence-corrected chi connectivity index (χ1v) is 9.50. The van der Waals surface area contributed by atoms with E-state index in [1.54, 1.807) is 12.4 Å². The predicted molar refractivity (Wildman–Crippen MR) is 113 cm³/mol. The number of hydrogen-bond acceptors (Lipinski definition) is 3. The van der Waals surface area contributed by atoms with E-state index in [1.807, 2.05) is 42.5 Å². The van der Waals surface area contributed by atoms with Crippen LogP contribution in [0.1, 0.15) is 24.0 Å². The molecule has 5 heteroatoms. The van der Waals surface area contributed by atoms with Crippen molar-refractivity contribution >= 4 is 34.7 Å². The highest BCUT2D eigenvalue weighted by Gasteiger charge is 2.35. The number of allylic oxidation sites excluding steroid dienone is 2. The van der Waals surface area contributed by atoms with Crippen LogP contribution in [0, 0.1) is 23.2 Å². The summed E-state index contributed by atoms with van der Waals surface area (Å²) in [5.74, 6) is 1.32. The van der Waals surface area contributed by atoms with Gasteiger partial charge in [-0.25, -0.2) is 0 Å². The summed E-state index contributed by atoms with van der Waals surface area (Å²) in [6.45, 7) is 0. The van der Waals surface area contributed by atoms with Gasteiger partial charge >= 0.3 is 0 Å². The van der Waals surface area contributed by atoms with Gasteiger partial charge in [-0.05, 0) is 78.4 Å². The molecule has 0 amide bonds. The van der Waals surface area contributed by atoms with Gasteiger partial charge in [-0.2, -0.15) is 5.26 Å². The molecule has 0 saturated heterocycles. The van der Waals surface area contributed by atoms with Crippen molar-refractivity contribution in [3.05, 3.63) is 72.1 Å². The third-order valence-corrected chi connectivity index (χ3v) is 5.41. The van der Waals surface area contributed by atoms with Gasteiger partial charge in [-0.15, -0.1) is 0 Å². The maximum atomic E-state index is 9.48. The molecule has 2 aliphatic rings. The number of nitrogens with one attached hydrogen (secondary N) is 2. The molecule has 0 radical (unpaired) electrons. The van der Waals surface area contributed by atoms with E-state index >= 15 is 0 Å². The third-order valence-electron chi connectivity index (χ3n) is 5.19. The Morgan fingerprint density at radius 1 is 1.11 bits per heavy atom. The van der Waals surface area contributed by atoms with Crippen LogP contribution in [0.4, 0.5) is 5.69 Å². The summed E-state index contributed by atoms with van der Waals surface area (Å²) < 4.78 is 0. The molecule has 134 valence electrons. The Balaban J connectivity index is 1.40. The topological polar surface area (TPSA) is 60.7 Å². The summed E-state index contributed by atoms with van der Waals surface area (Å²) in [6.07, 6.45) is 12.3. The van der Waals surface area contributed by atoms with E-state index in [1.165, 1.54) is 6.42 Å². The maximum absolute atomic E-state index is 9.48. The average Bonchev–Trinajstić information content (AvgIpc) is 3.31. The molecule has 1 aromatic heterocycles. The van der Waals surface area contributed by atoms with Crippen LogP contribution in [0.25, 0.3) is 11.6 Å². The summed E-state index contributed by atoms with van der Waals surface area (Å²) in [7, 11) is 0. The van der Waals surface area contributed by atoms with Gasteiger partial charge in [0.05, 0.1) is 11.6 Å². The Kier molecular flexibility index (Phi) is 4.99. The zero-order valence-corrected chi connectivity index (χ0v) is 15.6. The summed E-state index contributed by atoms with van der Waals surface area (Å²) in [5, 5.41) is 16.8. The number of pyridine rings is 1. The lowest BCUT2D eigenvalue weighted by Gasteiger charge is -2.22. The number of aromatic nitrogens is 1. The normalized spacial score (nSPS) is 23.1. The first-order chi connectivity index (χ1) is 13.2. The van der Waals surface area contributed by atoms with E-state index in [0.717, 1.165) is 23.2 Å². The molecule has 2 aliphatic carbocycles. The van der Waals surface area contributed by atoms with Crippen molar-refractivity contribution in [3.63, 3.8) is 0 Å². The van der Waals surface area contributed by atoms with Crippen LogP contribution >= 0.6 is 12.2 Å². The lowest BCUT2D eigenvalue weighted by Crippen LogP contribution is -2.40. The Bertz CT molecular complexity index is 925. The first kappa shape index (κ1) is 17.4. The average molecular weight is 372 g/mol. The van der Waals surface area contributed by atoms with Gasteiger partial charge in [-0.1, -0.05) is 24.3 Å². The molecular formula is C22H20N4S. The van der Waals surface area contributed by atoms with Crippen LogP contribution in [0.5, 0.6) is 0 Å². The van der Waals surface area contributed by atoms with Crippen LogP contribution in [0.2, 0.25) is 0 Å². The lowest BCUT2D eigenvalue weighted by molar-refractivity contribution is 0.526. The smallest absolute Gasteiger partial charge is 0.171 e. The minimum atomic E-state index is 0.438. The number of anilines is 1. The minimum absolute atomic E-state index is 0.438. The van der Waals surface area contributed by atoms with Gasteiger partial charge in [0.15, 0.2) is 5.11 Å². The largest absolute Gasteiger partial charge is 0.359 e. The Morgan fingerprint density at radius 3 is 2.52 bits per heavy atom. The quantitative estimate of drug-likeness (QED) is 0.473. The van der Waals surface area contributed by atoms with Gasteiger partial charge in [0.2, 0.25) is 0 Å². The maximum Gasteiger partial charge on any atom is 0.171 e. The monoisotopic (exact) mass is 372 g/mol. The molecule has 0 unspecified atom stereocenters. The number of nitriles is 1. The second-order valence-electron chi connectivity index (χ2n) is 7.01. The van der Waals surface area contributed by atoms with Gasteiger partial charge in [-0.3, -0.25) is 4.98 Å². The molecule has 4 rings (SSSR count). The molecule has 0 aliphatic heterocycles. The van der Waals surface area contributed by atoms with Crippen molar-refractivity contribution in [2.24, 2.45) is 11.8 Å². The predicted octanol–water partition coefficient (Wildman–Crippen LogP) is 4.40. The van der Waals surface area contributed by atoms with Crippen LogP contribution in [-0.2, 0) is 0 Å². The van der Waals surface area contributed by atoms with E-state index in [4.69, 9.17) is 12.2 Å². The summed E-state index contributed by atoms with van der Waals surface area (Å²) in [6, 6.07) is 14.2. The molecule has 2 N–H and O–H groups in total. The van der Waals surface area contributed by atoms with E-state index in [2.05, 4.69) is 33.8 Å². The molecular weight excluding hydrogens is 352 g/mol. The van der Waals surface area contributed by atoms with Crippen molar-refractivity contribution in [2.75, 3.05) is 5.32 Å². The second-order valence-corrected chi connectivity index (χ2v) is 7.42. The minimum Gasteiger partial charge on any atom is -0.359 e. The van der Waals surface area contributed by atoms with Crippen molar-refractivity contribution in [3.8, 4) is 6.07 Å². The van der Waals surface area contributed by atoms with Crippen molar-refractivity contribution in [1.29, 1.82) is 5.26 Å². The zero-order chi connectivity index (χ0) is 18.6. The molecule has 3 atom stereocenters. The third kappa shape index (κ3) is 4.07. The number of fused-ring (bicyclic) bond motifs is 2. The van der Waals surface area contributed by atoms with Gasteiger partial charge in [0.25, 0.3) is 0 Å². The summed E-state index contributed by atoms with van der Waals surface area (Å²) in [4.78, 5) is 4.00. The highest BCUT2D eigenvalue weighted by atomic mass is 32.1. The number of hydrogen-bond donors (Lipinski definition) is 2. The number of benzene rings is 1. The van der Waals surface area contributed by atoms with Gasteiger partial charge < -0.3 is 10.6 Å². The van der Waals surface area contributed by atoms with E-state index in [0.29, 0.717) is 28.6 Å². The molecule has 0 spiro atoms. The van der Waals surface area contributed by atoms with Gasteiger partial charge in [0.1, 0.15) is 0 Å². The number of rotatable bonds is 4. The van der Waals surface area contributed by atoms with E-state index < -0.39 is 0 Å². The Morgan fingerprint density at radius 2 is 1.89 bits per heavy atom. The van der Waals surface area contributed by atoms with Crippen molar-refractivity contribution in [2.45, 2.75) is 18.9 Å². The molecule has 4 nitrogen and oxygen atoms in total. The molecule has 1 aromatic carbocycles. The molecule has 1 saturated carbocycles. The standard InChI is InChI=1S/C22H20N4S/c23-14-19(11-15-7-9-24-10-8-15)17-3-5-20(6-4-17)25-22(27)26-21-13-16-1-2-18(21)12-16/h1-11,16,18,21H,12-13H2,(H2,25,26,27)/b19-11+/t16-,18-,21-/m1/s1. The first-order valence-electron chi connectivity index (χ1n) is 9.09. The van der Waals surface area contributed by atoms with Crippen molar-refractivity contribution < 1.29 is 0 Å². The van der Waals surface area contributed by atoms with Crippen LogP contribution in [0.3, 0.4) is 0 Å². The molecule has 2 bridgehead atoms. The Labute approximate surface area is 164 Å². The number of thiocarbonyl (C=S) groups is 1.